The average molecular weight is 459 g/mol. The van der Waals surface area contributed by atoms with E-state index in [1.165, 1.54) is 22.5 Å². The maximum Gasteiger partial charge on any atom is 0.251 e. The maximum absolute atomic E-state index is 12.9. The van der Waals surface area contributed by atoms with Gasteiger partial charge >= 0.3 is 0 Å². The highest BCUT2D eigenvalue weighted by Gasteiger charge is 2.22. The van der Waals surface area contributed by atoms with Gasteiger partial charge in [-0.2, -0.15) is 4.31 Å². The Kier molecular flexibility index (Phi) is 8.98. The number of carbonyl (C=O) groups is 2. The van der Waals surface area contributed by atoms with E-state index in [9.17, 15) is 18.0 Å². The van der Waals surface area contributed by atoms with Gasteiger partial charge in [0.1, 0.15) is 0 Å². The zero-order valence-electron chi connectivity index (χ0n) is 18.8. The van der Waals surface area contributed by atoms with Gasteiger partial charge in [0.25, 0.3) is 5.91 Å². The van der Waals surface area contributed by atoms with Crippen molar-refractivity contribution in [1.82, 2.24) is 9.62 Å². The lowest BCUT2D eigenvalue weighted by atomic mass is 10.1. The van der Waals surface area contributed by atoms with E-state index in [1.807, 2.05) is 6.92 Å². The maximum atomic E-state index is 12.9. The molecule has 9 heteroatoms. The second-order valence-electron chi connectivity index (χ2n) is 6.85. The van der Waals surface area contributed by atoms with Gasteiger partial charge in [-0.15, -0.1) is 0 Å². The number of nitrogens with zero attached hydrogens (tertiary/aromatic N) is 1. The van der Waals surface area contributed by atoms with Crippen LogP contribution in [0.5, 0.6) is 0 Å². The molecule has 2 amide bonds. The minimum atomic E-state index is -3.66. The predicted molar refractivity (Wildman–Crippen MR) is 128 cm³/mol. The second-order valence-corrected chi connectivity index (χ2v) is 8.79. The molecule has 0 aromatic heterocycles. The molecular weight excluding hydrogens is 428 g/mol. The van der Waals surface area contributed by atoms with Crippen molar-refractivity contribution >= 4 is 39.3 Å². The molecule has 0 heterocycles. The number of benzene rings is 2. The van der Waals surface area contributed by atoms with E-state index in [-0.39, 0.29) is 10.8 Å². The summed E-state index contributed by atoms with van der Waals surface area (Å²) in [5.41, 5.74) is 2.28. The van der Waals surface area contributed by atoms with Crippen LogP contribution in [-0.4, -0.2) is 51.2 Å². The molecule has 8 nitrogen and oxygen atoms in total. The number of nitrogens with one attached hydrogen (secondary N) is 3. The quantitative estimate of drug-likeness (QED) is 0.474. The molecule has 0 atom stereocenters. The first-order valence-electron chi connectivity index (χ1n) is 10.5. The fraction of sp³-hybridized carbons (Fsp3) is 0.304. The van der Waals surface area contributed by atoms with Crippen molar-refractivity contribution in [2.45, 2.75) is 25.7 Å². The standard InChI is InChI=1S/C23H30N4O4S/c1-5-25-20-14-13-19(32(30,31)27(6-2)7-3)16-21(20)26-22(28)15-10-17-8-11-18(12-9-17)23(29)24-4/h8-16,25H,5-7H2,1-4H3,(H,24,29)(H,26,28)/b15-10+. The molecule has 0 aliphatic carbocycles. The van der Waals surface area contributed by atoms with Crippen LogP contribution < -0.4 is 16.0 Å². The molecule has 32 heavy (non-hydrogen) atoms. The Balaban J connectivity index is 2.25. The van der Waals surface area contributed by atoms with Crippen molar-refractivity contribution in [2.24, 2.45) is 0 Å². The van der Waals surface area contributed by atoms with Crippen molar-refractivity contribution < 1.29 is 18.0 Å². The van der Waals surface area contributed by atoms with Crippen molar-refractivity contribution in [3.63, 3.8) is 0 Å². The number of amides is 2. The van der Waals surface area contributed by atoms with E-state index < -0.39 is 15.9 Å². The first-order chi connectivity index (χ1) is 15.3. The lowest BCUT2D eigenvalue weighted by Gasteiger charge is -2.20. The third-order valence-corrected chi connectivity index (χ3v) is 6.83. The monoisotopic (exact) mass is 458 g/mol. The predicted octanol–water partition coefficient (Wildman–Crippen LogP) is 3.16. The molecule has 2 aromatic carbocycles. The van der Waals surface area contributed by atoms with Crippen LogP contribution in [-0.2, 0) is 14.8 Å². The van der Waals surface area contributed by atoms with Gasteiger partial charge in [0, 0.05) is 38.3 Å². The number of carbonyl (C=O) groups excluding carboxylic acids is 2. The zero-order valence-corrected chi connectivity index (χ0v) is 19.6. The summed E-state index contributed by atoms with van der Waals surface area (Å²) >= 11 is 0. The van der Waals surface area contributed by atoms with E-state index in [2.05, 4.69) is 16.0 Å². The Bertz CT molecular complexity index is 1080. The van der Waals surface area contributed by atoms with Crippen LogP contribution in [0.25, 0.3) is 6.08 Å². The summed E-state index contributed by atoms with van der Waals surface area (Å²) in [4.78, 5) is 24.3. The van der Waals surface area contributed by atoms with Crippen LogP contribution in [0.2, 0.25) is 0 Å². The number of hydrogen-bond acceptors (Lipinski definition) is 5. The Labute approximate surface area is 189 Å². The highest BCUT2D eigenvalue weighted by atomic mass is 32.2. The topological polar surface area (TPSA) is 108 Å². The second kappa shape index (κ2) is 11.4. The summed E-state index contributed by atoms with van der Waals surface area (Å²) in [6, 6.07) is 11.4. The van der Waals surface area contributed by atoms with Crippen molar-refractivity contribution in [2.75, 3.05) is 37.3 Å². The van der Waals surface area contributed by atoms with Gasteiger partial charge in [-0.1, -0.05) is 26.0 Å². The van der Waals surface area contributed by atoms with E-state index in [0.717, 1.165) is 5.56 Å². The molecule has 2 rings (SSSR count). The summed E-state index contributed by atoms with van der Waals surface area (Å²) in [5.74, 6) is -0.592. The molecule has 0 aliphatic rings. The molecule has 0 spiro atoms. The molecule has 0 fully saturated rings. The Morgan fingerprint density at radius 1 is 0.969 bits per heavy atom. The number of rotatable bonds is 10. The van der Waals surface area contributed by atoms with Gasteiger partial charge < -0.3 is 16.0 Å². The minimum absolute atomic E-state index is 0.118. The molecule has 0 saturated carbocycles. The number of sulfonamides is 1. The summed E-state index contributed by atoms with van der Waals surface area (Å²) in [7, 11) is -2.10. The van der Waals surface area contributed by atoms with Crippen molar-refractivity contribution in [3.8, 4) is 0 Å². The Morgan fingerprint density at radius 2 is 1.62 bits per heavy atom. The smallest absolute Gasteiger partial charge is 0.251 e. The fourth-order valence-corrected chi connectivity index (χ4v) is 4.57. The molecule has 172 valence electrons. The summed E-state index contributed by atoms with van der Waals surface area (Å²) in [6.07, 6.45) is 2.97. The Morgan fingerprint density at radius 3 is 2.19 bits per heavy atom. The van der Waals surface area contributed by atoms with Crippen molar-refractivity contribution in [1.29, 1.82) is 0 Å². The SMILES string of the molecule is CCNc1ccc(S(=O)(=O)N(CC)CC)cc1NC(=O)/C=C/c1ccc(C(=O)NC)cc1. The third kappa shape index (κ3) is 6.18. The Hall–Kier alpha value is -3.17. The molecule has 0 radical (unpaired) electrons. The molecular formula is C23H30N4O4S. The highest BCUT2D eigenvalue weighted by molar-refractivity contribution is 7.89. The first kappa shape index (κ1) is 25.1. The molecule has 0 saturated heterocycles. The van der Waals surface area contributed by atoms with E-state index >= 15 is 0 Å². The van der Waals surface area contributed by atoms with Crippen LogP contribution in [0.15, 0.2) is 53.4 Å². The lowest BCUT2D eigenvalue weighted by Crippen LogP contribution is -2.30. The highest BCUT2D eigenvalue weighted by Crippen LogP contribution is 2.27. The van der Waals surface area contributed by atoms with E-state index in [1.54, 1.807) is 57.3 Å². The number of anilines is 2. The normalized spacial score (nSPS) is 11.5. The molecule has 2 aromatic rings. The van der Waals surface area contributed by atoms with Gasteiger partial charge in [-0.05, 0) is 48.9 Å². The summed E-state index contributed by atoms with van der Waals surface area (Å²) in [6.45, 7) is 6.80. The van der Waals surface area contributed by atoms with Crippen LogP contribution in [0.4, 0.5) is 11.4 Å². The fourth-order valence-electron chi connectivity index (χ4n) is 3.08. The average Bonchev–Trinajstić information content (AvgIpc) is 2.79. The van der Waals surface area contributed by atoms with Crippen LogP contribution in [0.1, 0.15) is 36.7 Å². The molecule has 0 aliphatic heterocycles. The molecule has 0 bridgehead atoms. The number of hydrogen-bond donors (Lipinski definition) is 3. The van der Waals surface area contributed by atoms with E-state index in [0.29, 0.717) is 36.6 Å². The van der Waals surface area contributed by atoms with Crippen LogP contribution >= 0.6 is 0 Å². The molecule has 0 unspecified atom stereocenters. The third-order valence-electron chi connectivity index (χ3n) is 4.79. The van der Waals surface area contributed by atoms with Crippen LogP contribution in [0, 0.1) is 0 Å². The van der Waals surface area contributed by atoms with Gasteiger partial charge in [-0.25, -0.2) is 8.42 Å². The largest absolute Gasteiger partial charge is 0.384 e. The van der Waals surface area contributed by atoms with Crippen LogP contribution in [0.3, 0.4) is 0 Å². The van der Waals surface area contributed by atoms with E-state index in [4.69, 9.17) is 0 Å². The van der Waals surface area contributed by atoms with Gasteiger partial charge in [0.15, 0.2) is 0 Å². The molecule has 3 N–H and O–H groups in total. The lowest BCUT2D eigenvalue weighted by molar-refractivity contribution is -0.111. The van der Waals surface area contributed by atoms with Gasteiger partial charge in [0.2, 0.25) is 15.9 Å². The zero-order chi connectivity index (χ0) is 23.7. The summed E-state index contributed by atoms with van der Waals surface area (Å²) in [5, 5.41) is 8.44. The summed E-state index contributed by atoms with van der Waals surface area (Å²) < 4.78 is 27.1. The minimum Gasteiger partial charge on any atom is -0.384 e. The van der Waals surface area contributed by atoms with Gasteiger partial charge in [-0.3, -0.25) is 9.59 Å². The van der Waals surface area contributed by atoms with Gasteiger partial charge in [0.05, 0.1) is 16.3 Å². The van der Waals surface area contributed by atoms with Crippen molar-refractivity contribution in [3.05, 3.63) is 59.7 Å². The first-order valence-corrected chi connectivity index (χ1v) is 11.9.